The van der Waals surface area contributed by atoms with E-state index in [1.54, 1.807) is 7.05 Å². The normalized spacial score (nSPS) is 11.3. The Balaban J connectivity index is 1.75. The molecule has 5 heteroatoms. The van der Waals surface area contributed by atoms with Crippen LogP contribution in [-0.4, -0.2) is 26.1 Å². The molecule has 0 amide bonds. The maximum Gasteiger partial charge on any atom is 0.190 e. The summed E-state index contributed by atoms with van der Waals surface area (Å²) in [5.41, 5.74) is 1.34. The average Bonchev–Trinajstić information content (AvgIpc) is 2.57. The van der Waals surface area contributed by atoms with Crippen LogP contribution in [0.3, 0.4) is 0 Å². The highest BCUT2D eigenvalue weighted by atomic mass is 19.1. The number of benzene rings is 2. The highest BCUT2D eigenvalue weighted by molar-refractivity contribution is 5.79. The third kappa shape index (κ3) is 5.36. The number of guanidine groups is 1. The molecular weight excluding hydrogens is 296 g/mol. The van der Waals surface area contributed by atoms with Gasteiger partial charge >= 0.3 is 0 Å². The smallest absolute Gasteiger partial charge is 0.190 e. The predicted octanol–water partition coefficient (Wildman–Crippen LogP) is 2.92. The first-order valence-electron chi connectivity index (χ1n) is 7.62. The molecule has 0 atom stereocenters. The van der Waals surface area contributed by atoms with Gasteiger partial charge in [-0.05, 0) is 30.5 Å². The number of hydrogen-bond donors (Lipinski definition) is 2. The van der Waals surface area contributed by atoms with E-state index in [2.05, 4.69) is 27.8 Å². The highest BCUT2D eigenvalue weighted by Gasteiger charge is 2.08. The van der Waals surface area contributed by atoms with Gasteiger partial charge in [0.1, 0.15) is 11.6 Å². The third-order valence-corrected chi connectivity index (χ3v) is 3.50. The molecule has 23 heavy (non-hydrogen) atoms. The van der Waals surface area contributed by atoms with E-state index in [1.807, 2.05) is 18.2 Å². The molecule has 0 heterocycles. The van der Waals surface area contributed by atoms with E-state index in [0.717, 1.165) is 13.0 Å². The molecule has 0 spiro atoms. The van der Waals surface area contributed by atoms with Crippen LogP contribution >= 0.6 is 0 Å². The molecule has 3 nitrogen and oxygen atoms in total. The Kier molecular flexibility index (Phi) is 6.54. The number of nitrogens with zero attached hydrogens (tertiary/aromatic N) is 1. The number of hydrogen-bond acceptors (Lipinski definition) is 1. The zero-order valence-electron chi connectivity index (χ0n) is 13.2. The standard InChI is InChI=1S/C18H21F2N3/c1-21-18(22-12-10-14-6-3-2-4-7-14)23-13-11-15-16(19)8-5-9-17(15)20/h2-9H,10-13H2,1H3,(H2,21,22,23). The van der Waals surface area contributed by atoms with Crippen LogP contribution in [0.2, 0.25) is 0 Å². The maximum atomic E-state index is 13.5. The molecule has 2 aromatic carbocycles. The Morgan fingerprint density at radius 3 is 2.09 bits per heavy atom. The fourth-order valence-corrected chi connectivity index (χ4v) is 2.27. The molecule has 0 bridgehead atoms. The first kappa shape index (κ1) is 16.9. The van der Waals surface area contributed by atoms with Crippen molar-refractivity contribution in [2.45, 2.75) is 12.8 Å². The lowest BCUT2D eigenvalue weighted by Gasteiger charge is -2.12. The van der Waals surface area contributed by atoms with Crippen LogP contribution in [0.15, 0.2) is 53.5 Å². The summed E-state index contributed by atoms with van der Waals surface area (Å²) in [5, 5.41) is 6.25. The van der Waals surface area contributed by atoms with Gasteiger partial charge in [-0.2, -0.15) is 0 Å². The van der Waals surface area contributed by atoms with Crippen LogP contribution in [0.1, 0.15) is 11.1 Å². The summed E-state index contributed by atoms with van der Waals surface area (Å²) in [7, 11) is 1.67. The topological polar surface area (TPSA) is 36.4 Å². The van der Waals surface area contributed by atoms with Gasteiger partial charge in [0.15, 0.2) is 5.96 Å². The summed E-state index contributed by atoms with van der Waals surface area (Å²) < 4.78 is 27.1. The fourth-order valence-electron chi connectivity index (χ4n) is 2.27. The molecule has 2 rings (SSSR count). The van der Waals surface area contributed by atoms with Gasteiger partial charge in [0.2, 0.25) is 0 Å². The Morgan fingerprint density at radius 1 is 0.870 bits per heavy atom. The van der Waals surface area contributed by atoms with Crippen molar-refractivity contribution in [1.82, 2.24) is 10.6 Å². The van der Waals surface area contributed by atoms with Crippen LogP contribution in [0.25, 0.3) is 0 Å². The number of nitrogens with one attached hydrogen (secondary N) is 2. The van der Waals surface area contributed by atoms with Crippen LogP contribution in [0.5, 0.6) is 0 Å². The maximum absolute atomic E-state index is 13.5. The minimum absolute atomic E-state index is 0.0970. The molecule has 0 radical (unpaired) electrons. The Hall–Kier alpha value is -2.43. The van der Waals surface area contributed by atoms with Crippen molar-refractivity contribution >= 4 is 5.96 Å². The van der Waals surface area contributed by atoms with Crippen molar-refractivity contribution in [2.75, 3.05) is 20.1 Å². The van der Waals surface area contributed by atoms with Gasteiger partial charge in [-0.15, -0.1) is 0 Å². The quantitative estimate of drug-likeness (QED) is 0.635. The Bertz CT molecular complexity index is 622. The van der Waals surface area contributed by atoms with Gasteiger partial charge in [-0.3, -0.25) is 4.99 Å². The van der Waals surface area contributed by atoms with Gasteiger partial charge in [0.25, 0.3) is 0 Å². The van der Waals surface area contributed by atoms with E-state index < -0.39 is 11.6 Å². The lowest BCUT2D eigenvalue weighted by molar-refractivity contribution is 0.553. The van der Waals surface area contributed by atoms with Crippen LogP contribution in [-0.2, 0) is 12.8 Å². The van der Waals surface area contributed by atoms with E-state index in [9.17, 15) is 8.78 Å². The Labute approximate surface area is 135 Å². The van der Waals surface area contributed by atoms with Crippen molar-refractivity contribution in [3.63, 3.8) is 0 Å². The Morgan fingerprint density at radius 2 is 1.48 bits per heavy atom. The van der Waals surface area contributed by atoms with Gasteiger partial charge < -0.3 is 10.6 Å². The molecular formula is C18H21F2N3. The SMILES string of the molecule is CN=C(NCCc1ccccc1)NCCc1c(F)cccc1F. The van der Waals surface area contributed by atoms with E-state index in [-0.39, 0.29) is 12.0 Å². The highest BCUT2D eigenvalue weighted by Crippen LogP contribution is 2.11. The monoisotopic (exact) mass is 317 g/mol. The van der Waals surface area contributed by atoms with Crippen molar-refractivity contribution in [3.8, 4) is 0 Å². The van der Waals surface area contributed by atoms with Crippen LogP contribution < -0.4 is 10.6 Å². The van der Waals surface area contributed by atoms with E-state index >= 15 is 0 Å². The van der Waals surface area contributed by atoms with Crippen molar-refractivity contribution in [1.29, 1.82) is 0 Å². The minimum atomic E-state index is -0.515. The van der Waals surface area contributed by atoms with Crippen LogP contribution in [0, 0.1) is 11.6 Å². The molecule has 0 aliphatic heterocycles. The van der Waals surface area contributed by atoms with Crippen molar-refractivity contribution < 1.29 is 8.78 Å². The molecule has 0 saturated heterocycles. The molecule has 2 aromatic rings. The van der Waals surface area contributed by atoms with Gasteiger partial charge in [0, 0.05) is 25.7 Å². The lowest BCUT2D eigenvalue weighted by Crippen LogP contribution is -2.39. The average molecular weight is 317 g/mol. The summed E-state index contributed by atoms with van der Waals surface area (Å²) >= 11 is 0. The fraction of sp³-hybridized carbons (Fsp3) is 0.278. The molecule has 122 valence electrons. The molecule has 0 fully saturated rings. The second-order valence-electron chi connectivity index (χ2n) is 5.11. The zero-order valence-corrected chi connectivity index (χ0v) is 13.2. The molecule has 0 unspecified atom stereocenters. The van der Waals surface area contributed by atoms with Gasteiger partial charge in [-0.25, -0.2) is 8.78 Å². The van der Waals surface area contributed by atoms with Crippen molar-refractivity contribution in [2.24, 2.45) is 4.99 Å². The second-order valence-corrected chi connectivity index (χ2v) is 5.11. The number of rotatable bonds is 6. The predicted molar refractivity (Wildman–Crippen MR) is 89.6 cm³/mol. The number of aliphatic imine (C=N–C) groups is 1. The molecule has 0 aliphatic rings. The summed E-state index contributed by atoms with van der Waals surface area (Å²) in [4.78, 5) is 4.10. The molecule has 0 saturated carbocycles. The first-order chi connectivity index (χ1) is 11.2. The van der Waals surface area contributed by atoms with E-state index in [1.165, 1.54) is 23.8 Å². The van der Waals surface area contributed by atoms with E-state index in [4.69, 9.17) is 0 Å². The lowest BCUT2D eigenvalue weighted by atomic mass is 10.1. The molecule has 2 N–H and O–H groups in total. The van der Waals surface area contributed by atoms with Gasteiger partial charge in [0.05, 0.1) is 0 Å². The second kappa shape index (κ2) is 8.88. The van der Waals surface area contributed by atoms with Gasteiger partial charge in [-0.1, -0.05) is 36.4 Å². The summed E-state index contributed by atoms with van der Waals surface area (Å²) in [5.74, 6) is -0.407. The summed E-state index contributed by atoms with van der Waals surface area (Å²) in [6.45, 7) is 1.14. The first-order valence-corrected chi connectivity index (χ1v) is 7.62. The minimum Gasteiger partial charge on any atom is -0.356 e. The molecule has 0 aromatic heterocycles. The summed E-state index contributed by atoms with van der Waals surface area (Å²) in [6, 6.07) is 14.0. The van der Waals surface area contributed by atoms with Crippen LogP contribution in [0.4, 0.5) is 8.78 Å². The van der Waals surface area contributed by atoms with E-state index in [0.29, 0.717) is 12.5 Å². The third-order valence-electron chi connectivity index (χ3n) is 3.50. The summed E-state index contributed by atoms with van der Waals surface area (Å²) in [6.07, 6.45) is 1.14. The number of halogens is 2. The zero-order chi connectivity index (χ0) is 16.5. The largest absolute Gasteiger partial charge is 0.356 e. The van der Waals surface area contributed by atoms with Crippen molar-refractivity contribution in [3.05, 3.63) is 71.3 Å². The molecule has 0 aliphatic carbocycles.